The predicted molar refractivity (Wildman–Crippen MR) is 141 cm³/mol. The van der Waals surface area contributed by atoms with Crippen LogP contribution < -0.4 is 15.7 Å². The summed E-state index contributed by atoms with van der Waals surface area (Å²) in [6.45, 7) is 0. The Labute approximate surface area is 210 Å². The highest BCUT2D eigenvalue weighted by molar-refractivity contribution is 7.99. The third-order valence-corrected chi connectivity index (χ3v) is 7.95. The lowest BCUT2D eigenvalue weighted by atomic mass is 9.97. The summed E-state index contributed by atoms with van der Waals surface area (Å²) in [5, 5.41) is 5.27. The molecule has 0 aliphatic heterocycles. The summed E-state index contributed by atoms with van der Waals surface area (Å²) in [6.07, 6.45) is 5.73. The molecule has 7 nitrogen and oxygen atoms in total. The Morgan fingerprint density at radius 1 is 1.17 bits per heavy atom. The molecule has 0 fully saturated rings. The number of aromatic nitrogens is 2. The molecule has 35 heavy (non-hydrogen) atoms. The van der Waals surface area contributed by atoms with Gasteiger partial charge in [-0.05, 0) is 73.2 Å². The highest BCUT2D eigenvalue weighted by atomic mass is 32.2. The van der Waals surface area contributed by atoms with Gasteiger partial charge < -0.3 is 4.74 Å². The lowest BCUT2D eigenvalue weighted by molar-refractivity contribution is -0.118. The third kappa shape index (κ3) is 5.01. The summed E-state index contributed by atoms with van der Waals surface area (Å²) < 4.78 is 6.77. The zero-order valence-electron chi connectivity index (χ0n) is 19.2. The number of carbonyl (C=O) groups is 1. The number of nitrogens with zero attached hydrogens (tertiary/aromatic N) is 3. The van der Waals surface area contributed by atoms with E-state index in [0.717, 1.165) is 58.5 Å². The fourth-order valence-corrected chi connectivity index (χ4v) is 6.23. The van der Waals surface area contributed by atoms with Crippen LogP contribution in [0.15, 0.2) is 69.6 Å². The minimum absolute atomic E-state index is 0.0685. The molecule has 9 heteroatoms. The summed E-state index contributed by atoms with van der Waals surface area (Å²) in [5.41, 5.74) is 5.21. The van der Waals surface area contributed by atoms with Gasteiger partial charge in [-0.1, -0.05) is 30.0 Å². The van der Waals surface area contributed by atoms with Gasteiger partial charge in [-0.3, -0.25) is 14.2 Å². The molecule has 0 unspecified atom stereocenters. The van der Waals surface area contributed by atoms with Gasteiger partial charge in [0.15, 0.2) is 5.16 Å². The molecule has 4 aromatic rings. The van der Waals surface area contributed by atoms with Crippen molar-refractivity contribution in [1.29, 1.82) is 0 Å². The molecule has 0 spiro atoms. The maximum Gasteiger partial charge on any atom is 0.267 e. The molecule has 5 rings (SSSR count). The van der Waals surface area contributed by atoms with Crippen molar-refractivity contribution < 1.29 is 9.53 Å². The number of rotatable bonds is 7. The number of hydrogen-bond acceptors (Lipinski definition) is 7. The summed E-state index contributed by atoms with van der Waals surface area (Å²) in [4.78, 5) is 33.0. The van der Waals surface area contributed by atoms with Crippen molar-refractivity contribution in [2.45, 2.75) is 30.8 Å². The van der Waals surface area contributed by atoms with E-state index in [1.54, 1.807) is 29.2 Å². The number of methoxy groups -OCH3 is 1. The average Bonchev–Trinajstić information content (AvgIpc) is 3.27. The van der Waals surface area contributed by atoms with E-state index in [-0.39, 0.29) is 17.2 Å². The second-order valence-electron chi connectivity index (χ2n) is 8.12. The molecule has 1 aliphatic rings. The van der Waals surface area contributed by atoms with Crippen LogP contribution in [-0.2, 0) is 17.6 Å². The van der Waals surface area contributed by atoms with Crippen molar-refractivity contribution in [2.75, 3.05) is 12.9 Å². The van der Waals surface area contributed by atoms with Crippen molar-refractivity contribution in [1.82, 2.24) is 15.0 Å². The van der Waals surface area contributed by atoms with Crippen LogP contribution in [0, 0.1) is 0 Å². The Morgan fingerprint density at radius 3 is 2.71 bits per heavy atom. The number of carbonyl (C=O) groups excluding carboxylic acids is 1. The molecule has 0 saturated heterocycles. The molecule has 1 aliphatic carbocycles. The molecule has 0 saturated carbocycles. The van der Waals surface area contributed by atoms with E-state index in [2.05, 4.69) is 10.5 Å². The van der Waals surface area contributed by atoms with Crippen molar-refractivity contribution in [2.24, 2.45) is 5.10 Å². The highest BCUT2D eigenvalue weighted by Gasteiger charge is 2.23. The Kier molecular flexibility index (Phi) is 6.96. The van der Waals surface area contributed by atoms with Crippen molar-refractivity contribution in [3.63, 3.8) is 0 Å². The first kappa shape index (κ1) is 23.3. The van der Waals surface area contributed by atoms with Gasteiger partial charge in [0.25, 0.3) is 11.5 Å². The first-order chi connectivity index (χ1) is 17.1. The number of hydrazone groups is 1. The van der Waals surface area contributed by atoms with Crippen molar-refractivity contribution >= 4 is 45.4 Å². The molecule has 1 N–H and O–H groups in total. The Morgan fingerprint density at radius 2 is 1.94 bits per heavy atom. The minimum Gasteiger partial charge on any atom is -0.497 e. The number of nitrogens with one attached hydrogen (secondary N) is 1. The van der Waals surface area contributed by atoms with E-state index < -0.39 is 0 Å². The van der Waals surface area contributed by atoms with E-state index in [1.807, 2.05) is 54.6 Å². The topological polar surface area (TPSA) is 85.6 Å². The van der Waals surface area contributed by atoms with Crippen LogP contribution in [0.1, 0.15) is 28.8 Å². The zero-order chi connectivity index (χ0) is 24.2. The average molecular weight is 505 g/mol. The van der Waals surface area contributed by atoms with E-state index in [9.17, 15) is 9.59 Å². The molecule has 2 aromatic carbocycles. The lowest BCUT2D eigenvalue weighted by Gasteiger charge is -2.13. The van der Waals surface area contributed by atoms with Crippen LogP contribution >= 0.6 is 23.1 Å². The van der Waals surface area contributed by atoms with Crippen LogP contribution in [0.4, 0.5) is 0 Å². The van der Waals surface area contributed by atoms with E-state index in [1.165, 1.54) is 16.6 Å². The van der Waals surface area contributed by atoms with Crippen LogP contribution in [-0.4, -0.2) is 34.5 Å². The van der Waals surface area contributed by atoms with Crippen LogP contribution in [0.5, 0.6) is 5.75 Å². The number of amides is 1. The quantitative estimate of drug-likeness (QED) is 0.172. The molecule has 1 amide bonds. The summed E-state index contributed by atoms with van der Waals surface area (Å²) in [7, 11) is 1.61. The lowest BCUT2D eigenvalue weighted by Crippen LogP contribution is -2.24. The third-order valence-electron chi connectivity index (χ3n) is 5.82. The minimum atomic E-state index is -0.279. The van der Waals surface area contributed by atoms with Gasteiger partial charge in [-0.25, -0.2) is 10.4 Å². The Hall–Kier alpha value is -3.43. The Balaban J connectivity index is 1.38. The molecular formula is C26H24N4O3S2. The molecule has 2 heterocycles. The van der Waals surface area contributed by atoms with Crippen LogP contribution in [0.3, 0.4) is 0 Å². The van der Waals surface area contributed by atoms with E-state index in [4.69, 9.17) is 9.72 Å². The number of benzene rings is 2. The normalized spacial score (nSPS) is 13.2. The molecule has 2 aromatic heterocycles. The number of hydrogen-bond donors (Lipinski definition) is 1. The van der Waals surface area contributed by atoms with Crippen molar-refractivity contribution in [3.8, 4) is 11.4 Å². The highest BCUT2D eigenvalue weighted by Crippen LogP contribution is 2.35. The molecule has 178 valence electrons. The van der Waals surface area contributed by atoms with Gasteiger partial charge in [-0.15, -0.1) is 11.3 Å². The summed E-state index contributed by atoms with van der Waals surface area (Å²) in [6, 6.07) is 16.8. The second-order valence-corrected chi connectivity index (χ2v) is 10.1. The fourth-order valence-electron chi connectivity index (χ4n) is 4.12. The van der Waals surface area contributed by atoms with Gasteiger partial charge in [0, 0.05) is 4.88 Å². The molecule has 0 bridgehead atoms. The number of fused-ring (bicyclic) bond motifs is 3. The van der Waals surface area contributed by atoms with Gasteiger partial charge in [0.2, 0.25) is 0 Å². The zero-order valence-corrected chi connectivity index (χ0v) is 20.8. The summed E-state index contributed by atoms with van der Waals surface area (Å²) in [5.74, 6) is 0.554. The molecular weight excluding hydrogens is 480 g/mol. The number of aryl methyl sites for hydroxylation is 2. The SMILES string of the molecule is COc1ccc(/C=N/NC(=O)CSc2nc3sc4c(c3c(=O)n2-c2ccccc2)CCCC4)cc1. The number of ether oxygens (including phenoxy) is 1. The van der Waals surface area contributed by atoms with E-state index >= 15 is 0 Å². The summed E-state index contributed by atoms with van der Waals surface area (Å²) >= 11 is 2.84. The van der Waals surface area contributed by atoms with Crippen LogP contribution in [0.2, 0.25) is 0 Å². The van der Waals surface area contributed by atoms with Crippen molar-refractivity contribution in [3.05, 3.63) is 81.0 Å². The smallest absolute Gasteiger partial charge is 0.267 e. The van der Waals surface area contributed by atoms with Crippen LogP contribution in [0.25, 0.3) is 15.9 Å². The van der Waals surface area contributed by atoms with Gasteiger partial charge in [-0.2, -0.15) is 5.10 Å². The number of thioether (sulfide) groups is 1. The maximum absolute atomic E-state index is 13.7. The largest absolute Gasteiger partial charge is 0.497 e. The second kappa shape index (κ2) is 10.5. The first-order valence-electron chi connectivity index (χ1n) is 11.4. The Bertz CT molecular complexity index is 1440. The fraction of sp³-hybridized carbons (Fsp3) is 0.231. The molecule has 0 atom stereocenters. The van der Waals surface area contributed by atoms with E-state index in [0.29, 0.717) is 5.16 Å². The predicted octanol–water partition coefficient (Wildman–Crippen LogP) is 4.58. The number of thiophene rings is 1. The van der Waals surface area contributed by atoms with Gasteiger partial charge in [0.1, 0.15) is 10.6 Å². The monoisotopic (exact) mass is 504 g/mol. The van der Waals surface area contributed by atoms with Gasteiger partial charge >= 0.3 is 0 Å². The van der Waals surface area contributed by atoms with Gasteiger partial charge in [0.05, 0.1) is 30.2 Å². The molecule has 0 radical (unpaired) electrons. The first-order valence-corrected chi connectivity index (χ1v) is 13.2. The number of para-hydroxylation sites is 1. The maximum atomic E-state index is 13.7. The standard InChI is InChI=1S/C26H24N4O3S2/c1-33-19-13-11-17(12-14-19)15-27-29-22(31)16-34-26-28-24-23(20-9-5-6-10-21(20)35-24)25(32)30(26)18-7-3-2-4-8-18/h2-4,7-8,11-15H,5-6,9-10,16H2,1H3,(H,29,31)/b27-15+.